The Labute approximate surface area is 189 Å². The first-order valence-corrected chi connectivity index (χ1v) is 9.95. The van der Waals surface area contributed by atoms with Crippen molar-refractivity contribution in [1.29, 1.82) is 0 Å². The van der Waals surface area contributed by atoms with Gasteiger partial charge in [-0.05, 0) is 18.2 Å². The van der Waals surface area contributed by atoms with Crippen LogP contribution < -0.4 is 16.4 Å². The number of nitrogens with one attached hydrogen (secondary N) is 2. The number of nitrogen functional groups attached to an aromatic ring is 1. The first-order valence-electron chi connectivity index (χ1n) is 9.95. The smallest absolute Gasteiger partial charge is 0.418 e. The number of alkyl halides is 4. The van der Waals surface area contributed by atoms with E-state index in [4.69, 9.17) is 10.8 Å². The Balaban J connectivity index is 1.74. The molecule has 2 atom stereocenters. The maximum atomic E-state index is 14.3. The van der Waals surface area contributed by atoms with Gasteiger partial charge in [0, 0.05) is 24.8 Å². The minimum absolute atomic E-state index is 0.00872. The van der Waals surface area contributed by atoms with Crippen molar-refractivity contribution < 1.29 is 32.3 Å². The Morgan fingerprint density at radius 3 is 2.59 bits per heavy atom. The summed E-state index contributed by atoms with van der Waals surface area (Å²) in [6.07, 6.45) is -6.64. The number of amides is 2. The van der Waals surface area contributed by atoms with Gasteiger partial charge in [-0.25, -0.2) is 18.7 Å². The summed E-state index contributed by atoms with van der Waals surface area (Å²) in [5.41, 5.74) is 4.79. The molecular formula is C20H19F4N7O3. The average Bonchev–Trinajstić information content (AvgIpc) is 3.35. The fourth-order valence-electron chi connectivity index (χ4n) is 3.90. The molecule has 14 heteroatoms. The van der Waals surface area contributed by atoms with Crippen LogP contribution in [0.3, 0.4) is 0 Å². The molecule has 34 heavy (non-hydrogen) atoms. The monoisotopic (exact) mass is 481 g/mol. The zero-order chi connectivity index (χ0) is 24.8. The number of likely N-dealkylation sites (tertiary alicyclic amines) is 1. The normalized spacial score (nSPS) is 18.3. The van der Waals surface area contributed by atoms with Crippen molar-refractivity contribution in [3.8, 4) is 11.3 Å². The van der Waals surface area contributed by atoms with Crippen molar-refractivity contribution in [2.24, 2.45) is 0 Å². The molecule has 1 aliphatic heterocycles. The molecule has 0 bridgehead atoms. The molecule has 0 spiro atoms. The standard InChI is InChI=1S/C20H19F4N7O3/c1-26-13-3-2-9(4-10(13)18(32)29-14-7-30(19(33)34)6-12(14)21)15-5-11(20(22,23)24)16-17(25)27-8-28-31(15)16/h2-5,8,12,14,26H,6-7H2,1H3,(H,29,32)(H,33,34)(H2,25,27,28)/t12-,14+/m0/s1. The van der Waals surface area contributed by atoms with Gasteiger partial charge >= 0.3 is 12.3 Å². The lowest BCUT2D eigenvalue weighted by Crippen LogP contribution is -2.41. The Morgan fingerprint density at radius 2 is 1.97 bits per heavy atom. The van der Waals surface area contributed by atoms with Gasteiger partial charge in [0.25, 0.3) is 5.91 Å². The van der Waals surface area contributed by atoms with Crippen molar-refractivity contribution in [3.63, 3.8) is 0 Å². The van der Waals surface area contributed by atoms with E-state index < -0.39 is 41.5 Å². The molecule has 10 nitrogen and oxygen atoms in total. The predicted octanol–water partition coefficient (Wildman–Crippen LogP) is 2.47. The van der Waals surface area contributed by atoms with Crippen molar-refractivity contribution >= 4 is 29.0 Å². The number of nitrogens with two attached hydrogens (primary N) is 1. The van der Waals surface area contributed by atoms with Crippen LogP contribution in [0, 0.1) is 0 Å². The summed E-state index contributed by atoms with van der Waals surface area (Å²) in [6, 6.07) is 4.08. The highest BCUT2D eigenvalue weighted by atomic mass is 19.4. The Morgan fingerprint density at radius 1 is 1.24 bits per heavy atom. The topological polar surface area (TPSA) is 138 Å². The molecule has 1 aromatic carbocycles. The van der Waals surface area contributed by atoms with Gasteiger partial charge < -0.3 is 26.4 Å². The fraction of sp³-hybridized carbons (Fsp3) is 0.300. The number of aromatic nitrogens is 3. The molecule has 3 heterocycles. The lowest BCUT2D eigenvalue weighted by atomic mass is 10.0. The number of carbonyl (C=O) groups excluding carboxylic acids is 1. The molecule has 2 amide bonds. The van der Waals surface area contributed by atoms with Crippen LogP contribution in [0.25, 0.3) is 16.8 Å². The van der Waals surface area contributed by atoms with Crippen LogP contribution >= 0.6 is 0 Å². The molecule has 5 N–H and O–H groups in total. The highest BCUT2D eigenvalue weighted by Crippen LogP contribution is 2.39. The quantitative estimate of drug-likeness (QED) is 0.420. The molecule has 3 aromatic rings. The molecule has 4 rings (SSSR count). The number of benzene rings is 1. The first-order chi connectivity index (χ1) is 16.0. The van der Waals surface area contributed by atoms with Gasteiger partial charge in [-0.2, -0.15) is 18.3 Å². The molecule has 0 radical (unpaired) electrons. The number of carbonyl (C=O) groups is 2. The van der Waals surface area contributed by atoms with Crippen LogP contribution in [0.1, 0.15) is 15.9 Å². The highest BCUT2D eigenvalue weighted by Gasteiger charge is 2.38. The van der Waals surface area contributed by atoms with E-state index >= 15 is 0 Å². The van der Waals surface area contributed by atoms with Gasteiger partial charge in [-0.1, -0.05) is 6.07 Å². The average molecular weight is 481 g/mol. The third kappa shape index (κ3) is 4.02. The second kappa shape index (κ2) is 8.35. The second-order valence-electron chi connectivity index (χ2n) is 7.64. The Hall–Kier alpha value is -4.10. The van der Waals surface area contributed by atoms with Crippen molar-refractivity contribution in [2.75, 3.05) is 31.2 Å². The number of hydrogen-bond donors (Lipinski definition) is 4. The SMILES string of the molecule is CNc1ccc(-c2cc(C(F)(F)F)c3c(N)ncnn23)cc1C(=O)N[C@@H]1CN(C(=O)O)C[C@@H]1F. The molecule has 1 fully saturated rings. The Kier molecular flexibility index (Phi) is 5.67. The molecule has 1 aliphatic rings. The van der Waals surface area contributed by atoms with Crippen molar-refractivity contribution in [1.82, 2.24) is 24.8 Å². The van der Waals surface area contributed by atoms with E-state index in [9.17, 15) is 27.2 Å². The molecule has 0 saturated carbocycles. The molecule has 1 saturated heterocycles. The lowest BCUT2D eigenvalue weighted by molar-refractivity contribution is -0.136. The van der Waals surface area contributed by atoms with Gasteiger partial charge in [0.15, 0.2) is 5.82 Å². The first kappa shape index (κ1) is 23.1. The summed E-state index contributed by atoms with van der Waals surface area (Å²) in [5, 5.41) is 18.2. The number of halogens is 4. The van der Waals surface area contributed by atoms with E-state index in [2.05, 4.69) is 20.7 Å². The number of nitrogens with zero attached hydrogens (tertiary/aromatic N) is 4. The van der Waals surface area contributed by atoms with Crippen molar-refractivity contribution in [3.05, 3.63) is 41.7 Å². The molecule has 180 valence electrons. The van der Waals surface area contributed by atoms with E-state index in [-0.39, 0.29) is 35.7 Å². The van der Waals surface area contributed by atoms with E-state index in [1.165, 1.54) is 25.2 Å². The minimum atomic E-state index is -4.73. The van der Waals surface area contributed by atoms with Crippen LogP contribution in [0.2, 0.25) is 0 Å². The van der Waals surface area contributed by atoms with Gasteiger partial charge in [-0.15, -0.1) is 0 Å². The molecular weight excluding hydrogens is 462 g/mol. The number of fused-ring (bicyclic) bond motifs is 1. The van der Waals surface area contributed by atoms with Gasteiger partial charge in [0.2, 0.25) is 0 Å². The molecule has 2 aromatic heterocycles. The number of carboxylic acid groups (broad SMARTS) is 1. The number of rotatable bonds is 4. The largest absolute Gasteiger partial charge is 0.465 e. The number of hydrogen-bond acceptors (Lipinski definition) is 6. The van der Waals surface area contributed by atoms with Crippen LogP contribution in [0.15, 0.2) is 30.6 Å². The number of anilines is 2. The van der Waals surface area contributed by atoms with E-state index in [0.29, 0.717) is 5.69 Å². The fourth-order valence-corrected chi connectivity index (χ4v) is 3.90. The molecule has 0 unspecified atom stereocenters. The van der Waals surface area contributed by atoms with Crippen LogP contribution in [-0.4, -0.2) is 69.0 Å². The van der Waals surface area contributed by atoms with Gasteiger partial charge in [-0.3, -0.25) is 4.79 Å². The van der Waals surface area contributed by atoms with E-state index in [1.54, 1.807) is 0 Å². The zero-order valence-corrected chi connectivity index (χ0v) is 17.6. The van der Waals surface area contributed by atoms with Crippen LogP contribution in [0.4, 0.5) is 33.9 Å². The van der Waals surface area contributed by atoms with Gasteiger partial charge in [0.1, 0.15) is 18.0 Å². The third-order valence-electron chi connectivity index (χ3n) is 5.55. The second-order valence-corrected chi connectivity index (χ2v) is 7.64. The van der Waals surface area contributed by atoms with E-state index in [1.807, 2.05) is 0 Å². The summed E-state index contributed by atoms with van der Waals surface area (Å²) in [5.74, 6) is -1.09. The lowest BCUT2D eigenvalue weighted by Gasteiger charge is -2.17. The summed E-state index contributed by atoms with van der Waals surface area (Å²) < 4.78 is 56.1. The maximum absolute atomic E-state index is 14.3. The zero-order valence-electron chi connectivity index (χ0n) is 17.6. The predicted molar refractivity (Wildman–Crippen MR) is 113 cm³/mol. The Bertz CT molecular complexity index is 1280. The highest BCUT2D eigenvalue weighted by molar-refractivity contribution is 6.01. The third-order valence-corrected chi connectivity index (χ3v) is 5.55. The maximum Gasteiger partial charge on any atom is 0.418 e. The minimum Gasteiger partial charge on any atom is -0.465 e. The van der Waals surface area contributed by atoms with Gasteiger partial charge in [0.05, 0.1) is 29.4 Å². The summed E-state index contributed by atoms with van der Waals surface area (Å²) in [7, 11) is 1.54. The summed E-state index contributed by atoms with van der Waals surface area (Å²) >= 11 is 0. The van der Waals surface area contributed by atoms with Crippen LogP contribution in [0.5, 0.6) is 0 Å². The van der Waals surface area contributed by atoms with E-state index in [0.717, 1.165) is 21.8 Å². The summed E-state index contributed by atoms with van der Waals surface area (Å²) in [6.45, 7) is -0.609. The summed E-state index contributed by atoms with van der Waals surface area (Å²) in [4.78, 5) is 28.5. The van der Waals surface area contributed by atoms with Crippen LogP contribution in [-0.2, 0) is 6.18 Å². The molecule has 0 aliphatic carbocycles. The van der Waals surface area contributed by atoms with Crippen molar-refractivity contribution in [2.45, 2.75) is 18.4 Å².